The van der Waals surface area contributed by atoms with Gasteiger partial charge in [-0.2, -0.15) is 0 Å². The summed E-state index contributed by atoms with van der Waals surface area (Å²) >= 11 is 0. The maximum atomic E-state index is 13.0. The van der Waals surface area contributed by atoms with Crippen LogP contribution >= 0.6 is 24.0 Å². The number of rotatable bonds is 7. The van der Waals surface area contributed by atoms with Crippen LogP contribution in [0.5, 0.6) is 0 Å². The van der Waals surface area contributed by atoms with E-state index in [9.17, 15) is 9.18 Å². The van der Waals surface area contributed by atoms with E-state index in [4.69, 9.17) is 4.74 Å². The van der Waals surface area contributed by atoms with Crippen molar-refractivity contribution in [3.05, 3.63) is 30.1 Å². The van der Waals surface area contributed by atoms with Crippen molar-refractivity contribution in [2.75, 3.05) is 64.9 Å². The third-order valence-electron chi connectivity index (χ3n) is 4.28. The first-order valence-corrected chi connectivity index (χ1v) is 8.86. The first-order chi connectivity index (χ1) is 12.6. The molecule has 0 bridgehead atoms. The number of halogens is 2. The lowest BCUT2D eigenvalue weighted by Crippen LogP contribution is -2.49. The molecule has 7 nitrogen and oxygen atoms in total. The number of guanidine groups is 1. The zero-order valence-electron chi connectivity index (χ0n) is 15.9. The smallest absolute Gasteiger partial charge is 0.224 e. The molecule has 0 spiro atoms. The molecule has 27 heavy (non-hydrogen) atoms. The standard InChI is InChI=1S/C18H28FN5O2.HI/c1-20-18(22-9-14-26-2)21-8-7-17(25)24-12-10-23(11-13-24)16-5-3-15(19)4-6-16;/h3-6H,7-14H2,1-2H3,(H2,20,21,22);1H. The Morgan fingerprint density at radius 2 is 1.78 bits per heavy atom. The molecule has 1 aromatic rings. The van der Waals surface area contributed by atoms with Gasteiger partial charge in [0, 0.05) is 65.5 Å². The molecule has 1 aliphatic heterocycles. The Balaban J connectivity index is 0.00000364. The van der Waals surface area contributed by atoms with E-state index < -0.39 is 0 Å². The number of methoxy groups -OCH3 is 1. The maximum Gasteiger partial charge on any atom is 0.224 e. The summed E-state index contributed by atoms with van der Waals surface area (Å²) in [6.45, 7) is 4.65. The molecule has 0 atom stereocenters. The third kappa shape index (κ3) is 7.87. The zero-order chi connectivity index (χ0) is 18.8. The number of benzene rings is 1. The number of anilines is 1. The summed E-state index contributed by atoms with van der Waals surface area (Å²) < 4.78 is 18.0. The van der Waals surface area contributed by atoms with Gasteiger partial charge in [-0.05, 0) is 24.3 Å². The Morgan fingerprint density at radius 3 is 2.37 bits per heavy atom. The summed E-state index contributed by atoms with van der Waals surface area (Å²) in [5.41, 5.74) is 0.992. The van der Waals surface area contributed by atoms with Gasteiger partial charge in [-0.15, -0.1) is 24.0 Å². The van der Waals surface area contributed by atoms with E-state index in [0.29, 0.717) is 45.2 Å². The Labute approximate surface area is 177 Å². The number of ether oxygens (including phenoxy) is 1. The molecule has 0 aromatic heterocycles. The molecule has 9 heteroatoms. The van der Waals surface area contributed by atoms with Crippen LogP contribution in [0.15, 0.2) is 29.3 Å². The molecule has 1 amide bonds. The largest absolute Gasteiger partial charge is 0.383 e. The van der Waals surface area contributed by atoms with Gasteiger partial charge in [0.2, 0.25) is 5.91 Å². The SMILES string of the molecule is CN=C(NCCOC)NCCC(=O)N1CCN(c2ccc(F)cc2)CC1.I. The van der Waals surface area contributed by atoms with Crippen molar-refractivity contribution in [2.24, 2.45) is 4.99 Å². The second kappa shape index (κ2) is 12.7. The number of amides is 1. The molecular weight excluding hydrogens is 464 g/mol. The highest BCUT2D eigenvalue weighted by molar-refractivity contribution is 14.0. The van der Waals surface area contributed by atoms with Gasteiger partial charge in [0.25, 0.3) is 0 Å². The van der Waals surface area contributed by atoms with Crippen LogP contribution in [-0.4, -0.2) is 76.8 Å². The van der Waals surface area contributed by atoms with E-state index >= 15 is 0 Å². The minimum absolute atomic E-state index is 0. The molecule has 1 aromatic carbocycles. The molecule has 2 rings (SSSR count). The van der Waals surface area contributed by atoms with Crippen LogP contribution in [-0.2, 0) is 9.53 Å². The first-order valence-electron chi connectivity index (χ1n) is 8.86. The Bertz CT molecular complexity index is 592. The van der Waals surface area contributed by atoms with Crippen molar-refractivity contribution in [1.29, 1.82) is 0 Å². The van der Waals surface area contributed by atoms with E-state index in [-0.39, 0.29) is 35.7 Å². The molecule has 0 unspecified atom stereocenters. The molecule has 1 saturated heterocycles. The maximum absolute atomic E-state index is 13.0. The summed E-state index contributed by atoms with van der Waals surface area (Å²) in [5.74, 6) is 0.557. The molecule has 1 heterocycles. The van der Waals surface area contributed by atoms with Crippen LogP contribution in [0.4, 0.5) is 10.1 Å². The van der Waals surface area contributed by atoms with Crippen LogP contribution < -0.4 is 15.5 Å². The highest BCUT2D eigenvalue weighted by Gasteiger charge is 2.21. The Hall–Kier alpha value is -1.62. The van der Waals surface area contributed by atoms with Crippen molar-refractivity contribution in [3.63, 3.8) is 0 Å². The Kier molecular flexibility index (Phi) is 11.0. The number of nitrogens with zero attached hydrogens (tertiary/aromatic N) is 3. The predicted octanol–water partition coefficient (Wildman–Crippen LogP) is 1.29. The molecule has 2 N–H and O–H groups in total. The lowest BCUT2D eigenvalue weighted by atomic mass is 10.2. The van der Waals surface area contributed by atoms with Gasteiger partial charge >= 0.3 is 0 Å². The van der Waals surface area contributed by atoms with Crippen LogP contribution in [0.25, 0.3) is 0 Å². The molecule has 1 aliphatic rings. The fourth-order valence-corrected chi connectivity index (χ4v) is 2.80. The number of carbonyl (C=O) groups excluding carboxylic acids is 1. The number of piperazine rings is 1. The molecule has 0 radical (unpaired) electrons. The lowest BCUT2D eigenvalue weighted by molar-refractivity contribution is -0.131. The van der Waals surface area contributed by atoms with Gasteiger partial charge in [-0.25, -0.2) is 4.39 Å². The number of hydrogen-bond donors (Lipinski definition) is 2. The van der Waals surface area contributed by atoms with Gasteiger partial charge < -0.3 is 25.2 Å². The summed E-state index contributed by atoms with van der Waals surface area (Å²) in [7, 11) is 3.34. The Morgan fingerprint density at radius 1 is 1.15 bits per heavy atom. The van der Waals surface area contributed by atoms with Gasteiger partial charge in [0.1, 0.15) is 5.82 Å². The molecular formula is C18H29FIN5O2. The lowest BCUT2D eigenvalue weighted by Gasteiger charge is -2.36. The number of hydrogen-bond acceptors (Lipinski definition) is 4. The third-order valence-corrected chi connectivity index (χ3v) is 4.28. The monoisotopic (exact) mass is 493 g/mol. The van der Waals surface area contributed by atoms with E-state index in [1.165, 1.54) is 12.1 Å². The van der Waals surface area contributed by atoms with Crippen molar-refractivity contribution in [3.8, 4) is 0 Å². The van der Waals surface area contributed by atoms with Crippen molar-refractivity contribution in [2.45, 2.75) is 6.42 Å². The van der Waals surface area contributed by atoms with Crippen molar-refractivity contribution < 1.29 is 13.9 Å². The second-order valence-electron chi connectivity index (χ2n) is 6.01. The molecule has 0 aliphatic carbocycles. The topological polar surface area (TPSA) is 69.2 Å². The van der Waals surface area contributed by atoms with Crippen LogP contribution in [0, 0.1) is 5.82 Å². The van der Waals surface area contributed by atoms with E-state index in [1.807, 2.05) is 4.90 Å². The second-order valence-corrected chi connectivity index (χ2v) is 6.01. The van der Waals surface area contributed by atoms with E-state index in [2.05, 4.69) is 20.5 Å². The normalized spacial score (nSPS) is 14.6. The number of nitrogens with one attached hydrogen (secondary N) is 2. The summed E-state index contributed by atoms with van der Waals surface area (Å²) in [6.07, 6.45) is 0.418. The van der Waals surface area contributed by atoms with Crippen molar-refractivity contribution >= 4 is 41.5 Å². The molecule has 1 fully saturated rings. The highest BCUT2D eigenvalue weighted by Crippen LogP contribution is 2.17. The van der Waals surface area contributed by atoms with E-state index in [0.717, 1.165) is 18.8 Å². The predicted molar refractivity (Wildman–Crippen MR) is 116 cm³/mol. The van der Waals surface area contributed by atoms with Gasteiger partial charge in [-0.3, -0.25) is 9.79 Å². The zero-order valence-corrected chi connectivity index (χ0v) is 18.2. The quantitative estimate of drug-likeness (QED) is 0.260. The number of carbonyl (C=O) groups is 1. The van der Waals surface area contributed by atoms with Gasteiger partial charge in [0.15, 0.2) is 5.96 Å². The highest BCUT2D eigenvalue weighted by atomic mass is 127. The van der Waals surface area contributed by atoms with Crippen LogP contribution in [0.3, 0.4) is 0 Å². The first kappa shape index (κ1) is 23.4. The van der Waals surface area contributed by atoms with Crippen molar-refractivity contribution in [1.82, 2.24) is 15.5 Å². The van der Waals surface area contributed by atoms with Gasteiger partial charge in [0.05, 0.1) is 6.61 Å². The fraction of sp³-hybridized carbons (Fsp3) is 0.556. The summed E-state index contributed by atoms with van der Waals surface area (Å²) in [6, 6.07) is 6.48. The average molecular weight is 493 g/mol. The summed E-state index contributed by atoms with van der Waals surface area (Å²) in [4.78, 5) is 20.5. The van der Waals surface area contributed by atoms with Gasteiger partial charge in [-0.1, -0.05) is 0 Å². The summed E-state index contributed by atoms with van der Waals surface area (Å²) in [5, 5.41) is 6.24. The van der Waals surface area contributed by atoms with E-state index in [1.54, 1.807) is 26.3 Å². The minimum atomic E-state index is -0.234. The molecule has 152 valence electrons. The molecule has 0 saturated carbocycles. The fourth-order valence-electron chi connectivity index (χ4n) is 2.80. The van der Waals surface area contributed by atoms with Crippen LogP contribution in [0.2, 0.25) is 0 Å². The van der Waals surface area contributed by atoms with Crippen LogP contribution in [0.1, 0.15) is 6.42 Å². The minimum Gasteiger partial charge on any atom is -0.383 e. The average Bonchev–Trinajstić information content (AvgIpc) is 2.67. The number of aliphatic imine (C=N–C) groups is 1.